The molecule has 2 aromatic heterocycles. The second-order valence-corrected chi connectivity index (χ2v) is 8.02. The van der Waals surface area contributed by atoms with Crippen molar-refractivity contribution in [3.63, 3.8) is 0 Å². The van der Waals surface area contributed by atoms with E-state index >= 15 is 0 Å². The summed E-state index contributed by atoms with van der Waals surface area (Å²) in [5, 5.41) is 3.06. The highest BCUT2D eigenvalue weighted by molar-refractivity contribution is 7.08. The first-order valence-corrected chi connectivity index (χ1v) is 10.5. The van der Waals surface area contributed by atoms with Gasteiger partial charge < -0.3 is 15.8 Å². The number of carbonyl (C=O) groups excluding carboxylic acids is 1. The van der Waals surface area contributed by atoms with Gasteiger partial charge in [-0.05, 0) is 49.9 Å². The van der Waals surface area contributed by atoms with Crippen molar-refractivity contribution in [1.82, 2.24) is 9.36 Å². The molecule has 1 aliphatic rings. The molecule has 2 heterocycles. The molecule has 4 rings (SSSR count). The quantitative estimate of drug-likeness (QED) is 0.599. The molecule has 0 unspecified atom stereocenters. The van der Waals surface area contributed by atoms with Gasteiger partial charge in [0, 0.05) is 17.6 Å². The fourth-order valence-electron chi connectivity index (χ4n) is 3.41. The number of hydrogen-bond acceptors (Lipinski definition) is 6. The lowest BCUT2D eigenvalue weighted by Gasteiger charge is -2.26. The Labute approximate surface area is 180 Å². The van der Waals surface area contributed by atoms with E-state index in [1.54, 1.807) is 0 Å². The van der Waals surface area contributed by atoms with Crippen molar-refractivity contribution in [2.24, 2.45) is 5.73 Å². The molecule has 1 fully saturated rings. The molecular formula is C21H19F3N4O2S. The number of aromatic nitrogens is 2. The zero-order chi connectivity index (χ0) is 22.0. The van der Waals surface area contributed by atoms with Crippen LogP contribution < -0.4 is 15.8 Å². The van der Waals surface area contributed by atoms with E-state index in [1.165, 1.54) is 6.20 Å². The number of nitrogens with two attached hydrogens (primary N) is 1. The third-order valence-electron chi connectivity index (χ3n) is 5.06. The van der Waals surface area contributed by atoms with E-state index in [0.717, 1.165) is 67.5 Å². The number of hydrogen-bond donors (Lipinski definition) is 2. The molecule has 0 aliphatic heterocycles. The fraction of sp³-hybridized carbons (Fsp3) is 0.286. The third kappa shape index (κ3) is 4.70. The molecule has 0 bridgehead atoms. The summed E-state index contributed by atoms with van der Waals surface area (Å²) >= 11 is 1.09. The minimum Gasteiger partial charge on any atom is -0.478 e. The summed E-state index contributed by atoms with van der Waals surface area (Å²) in [6, 6.07) is 5.40. The average Bonchev–Trinajstić information content (AvgIpc) is 3.17. The zero-order valence-electron chi connectivity index (χ0n) is 16.3. The highest BCUT2D eigenvalue weighted by Gasteiger charge is 2.23. The first kappa shape index (κ1) is 21.3. The van der Waals surface area contributed by atoms with Crippen molar-refractivity contribution >= 4 is 23.1 Å². The average molecular weight is 448 g/mol. The van der Waals surface area contributed by atoms with Crippen LogP contribution in [-0.2, 0) is 0 Å². The molecule has 1 amide bonds. The number of benzene rings is 1. The Morgan fingerprint density at radius 2 is 1.77 bits per heavy atom. The molecule has 0 saturated heterocycles. The van der Waals surface area contributed by atoms with E-state index < -0.39 is 34.6 Å². The normalized spacial score (nSPS) is 18.6. The summed E-state index contributed by atoms with van der Waals surface area (Å²) in [4.78, 5) is 16.5. The lowest BCUT2D eigenvalue weighted by atomic mass is 9.94. The molecule has 3 aromatic rings. The van der Waals surface area contributed by atoms with Crippen LogP contribution in [0.1, 0.15) is 36.2 Å². The number of rotatable bonds is 5. The topological polar surface area (TPSA) is 90.1 Å². The van der Waals surface area contributed by atoms with Crippen LogP contribution in [-0.4, -0.2) is 27.4 Å². The highest BCUT2D eigenvalue weighted by Crippen LogP contribution is 2.33. The number of nitrogens with one attached hydrogen (secondary N) is 1. The summed E-state index contributed by atoms with van der Waals surface area (Å²) < 4.78 is 52.4. The van der Waals surface area contributed by atoms with Crippen molar-refractivity contribution < 1.29 is 22.7 Å². The number of amides is 1. The number of carbonyl (C=O) groups is 1. The van der Waals surface area contributed by atoms with Crippen LogP contribution in [0.25, 0.3) is 11.3 Å². The van der Waals surface area contributed by atoms with Gasteiger partial charge in [-0.3, -0.25) is 4.79 Å². The van der Waals surface area contributed by atoms with E-state index in [2.05, 4.69) is 14.7 Å². The SMILES string of the molecule is NC1CCC(Oc2sncc2NC(=O)c2ccc(F)c(-c3c(F)cccc3F)n2)CC1. The summed E-state index contributed by atoms with van der Waals surface area (Å²) in [5.41, 5.74) is 4.83. The van der Waals surface area contributed by atoms with E-state index in [9.17, 15) is 18.0 Å². The molecule has 162 valence electrons. The highest BCUT2D eigenvalue weighted by atomic mass is 32.1. The first-order chi connectivity index (χ1) is 14.9. The predicted octanol–water partition coefficient (Wildman–Crippen LogP) is 4.52. The van der Waals surface area contributed by atoms with Crippen molar-refractivity contribution in [2.75, 3.05) is 5.32 Å². The van der Waals surface area contributed by atoms with Gasteiger partial charge in [-0.2, -0.15) is 4.37 Å². The molecule has 1 aromatic carbocycles. The van der Waals surface area contributed by atoms with Crippen molar-refractivity contribution in [2.45, 2.75) is 37.8 Å². The zero-order valence-corrected chi connectivity index (χ0v) is 17.1. The number of halogens is 3. The van der Waals surface area contributed by atoms with Crippen LogP contribution in [0.3, 0.4) is 0 Å². The van der Waals surface area contributed by atoms with Crippen LogP contribution in [0.2, 0.25) is 0 Å². The van der Waals surface area contributed by atoms with Gasteiger partial charge in [-0.15, -0.1) is 0 Å². The molecule has 0 spiro atoms. The number of ether oxygens (including phenoxy) is 1. The van der Waals surface area contributed by atoms with Gasteiger partial charge in [0.25, 0.3) is 5.91 Å². The Hall–Kier alpha value is -2.98. The molecular weight excluding hydrogens is 429 g/mol. The van der Waals surface area contributed by atoms with Gasteiger partial charge in [0.05, 0.1) is 17.9 Å². The van der Waals surface area contributed by atoms with Gasteiger partial charge in [-0.25, -0.2) is 18.2 Å². The molecule has 31 heavy (non-hydrogen) atoms. The smallest absolute Gasteiger partial charge is 0.274 e. The number of anilines is 1. The monoisotopic (exact) mass is 448 g/mol. The summed E-state index contributed by atoms with van der Waals surface area (Å²) in [6.07, 6.45) is 4.76. The maximum atomic E-state index is 14.2. The Bertz CT molecular complexity index is 1080. The lowest BCUT2D eigenvalue weighted by Crippen LogP contribution is -2.31. The minimum atomic E-state index is -0.978. The Kier molecular flexibility index (Phi) is 6.19. The van der Waals surface area contributed by atoms with Gasteiger partial charge in [-0.1, -0.05) is 6.07 Å². The van der Waals surface area contributed by atoms with Gasteiger partial charge >= 0.3 is 0 Å². The first-order valence-electron chi connectivity index (χ1n) is 9.71. The van der Waals surface area contributed by atoms with Gasteiger partial charge in [0.15, 0.2) is 0 Å². The summed E-state index contributed by atoms with van der Waals surface area (Å²) in [7, 11) is 0. The molecule has 0 atom stereocenters. The van der Waals surface area contributed by atoms with Crippen molar-refractivity contribution in [3.05, 3.63) is 59.7 Å². The van der Waals surface area contributed by atoms with Crippen LogP contribution in [0.4, 0.5) is 18.9 Å². The number of nitrogens with zero attached hydrogens (tertiary/aromatic N) is 2. The largest absolute Gasteiger partial charge is 0.478 e. The van der Waals surface area contributed by atoms with E-state index in [4.69, 9.17) is 10.5 Å². The Morgan fingerprint density at radius 3 is 2.48 bits per heavy atom. The Balaban J connectivity index is 1.53. The molecule has 1 aliphatic carbocycles. The van der Waals surface area contributed by atoms with Gasteiger partial charge in [0.2, 0.25) is 5.06 Å². The van der Waals surface area contributed by atoms with Crippen molar-refractivity contribution in [1.29, 1.82) is 0 Å². The maximum absolute atomic E-state index is 14.2. The van der Waals surface area contributed by atoms with E-state index in [1.807, 2.05) is 0 Å². The minimum absolute atomic E-state index is 0.0181. The van der Waals surface area contributed by atoms with E-state index in [-0.39, 0.29) is 17.8 Å². The van der Waals surface area contributed by atoms with Crippen LogP contribution >= 0.6 is 11.5 Å². The Morgan fingerprint density at radius 1 is 1.06 bits per heavy atom. The van der Waals surface area contributed by atoms with Crippen molar-refractivity contribution in [3.8, 4) is 16.3 Å². The summed E-state index contributed by atoms with van der Waals surface area (Å²) in [5.74, 6) is -3.59. The third-order valence-corrected chi connectivity index (χ3v) is 5.75. The molecule has 0 radical (unpaired) electrons. The van der Waals surface area contributed by atoms with Crippen LogP contribution in [0.5, 0.6) is 5.06 Å². The second kappa shape index (κ2) is 9.03. The number of pyridine rings is 1. The molecule has 10 heteroatoms. The molecule has 1 saturated carbocycles. The lowest BCUT2D eigenvalue weighted by molar-refractivity contribution is 0.102. The van der Waals surface area contributed by atoms with Crippen LogP contribution in [0, 0.1) is 17.5 Å². The van der Waals surface area contributed by atoms with E-state index in [0.29, 0.717) is 10.8 Å². The standard InChI is InChI=1S/C21H19F3N4O2S/c22-13-2-1-3-14(23)18(13)19-15(24)8-9-16(27-19)20(29)28-17-10-26-31-21(17)30-12-6-4-11(25)5-7-12/h1-3,8-12H,4-7,25H2,(H,28,29). The summed E-state index contributed by atoms with van der Waals surface area (Å²) in [6.45, 7) is 0. The maximum Gasteiger partial charge on any atom is 0.274 e. The fourth-order valence-corrected chi connectivity index (χ4v) is 4.04. The van der Waals surface area contributed by atoms with Crippen LogP contribution in [0.15, 0.2) is 36.5 Å². The van der Waals surface area contributed by atoms with Gasteiger partial charge in [0.1, 0.15) is 34.5 Å². The molecule has 3 N–H and O–H groups in total. The molecule has 6 nitrogen and oxygen atoms in total. The predicted molar refractivity (Wildman–Crippen MR) is 110 cm³/mol. The second-order valence-electron chi connectivity index (χ2n) is 7.26.